The molecule has 8 heteroatoms. The van der Waals surface area contributed by atoms with Gasteiger partial charge in [-0.1, -0.05) is 25.4 Å². The summed E-state index contributed by atoms with van der Waals surface area (Å²) in [5.74, 6) is 4.16. The van der Waals surface area contributed by atoms with E-state index in [1.54, 1.807) is 6.07 Å². The van der Waals surface area contributed by atoms with Crippen LogP contribution in [-0.2, 0) is 6.54 Å². The molecule has 2 N–H and O–H groups in total. The van der Waals surface area contributed by atoms with Gasteiger partial charge in [0.15, 0.2) is 5.11 Å². The van der Waals surface area contributed by atoms with E-state index in [1.165, 1.54) is 6.42 Å². The molecule has 0 saturated carbocycles. The molecule has 0 bridgehead atoms. The lowest BCUT2D eigenvalue weighted by atomic mass is 9.92. The fourth-order valence-electron chi connectivity index (χ4n) is 3.37. The molecule has 0 amide bonds. The Morgan fingerprint density at radius 3 is 2.69 bits per heavy atom. The van der Waals surface area contributed by atoms with Crippen molar-refractivity contribution in [2.45, 2.75) is 33.7 Å². The van der Waals surface area contributed by atoms with Crippen molar-refractivity contribution in [1.82, 2.24) is 15.3 Å². The number of nitrogens with zero attached hydrogens (tertiary/aromatic N) is 3. The average molecular weight is 394 g/mol. The predicted octanol–water partition coefficient (Wildman–Crippen LogP) is 4.00. The molecule has 3 heterocycles. The number of thiocarbonyl (C=S) groups is 1. The smallest absolute Gasteiger partial charge is 0.232 e. The number of furan rings is 1. The SMILES string of the molecule is Cc1ccc(CNC(=S)Nc2nc(Cl)cc(N3C[C@@H](C)C[C@H](C)C3)n2)o1. The van der Waals surface area contributed by atoms with Gasteiger partial charge in [0.25, 0.3) is 0 Å². The maximum Gasteiger partial charge on any atom is 0.232 e. The number of nitrogens with one attached hydrogen (secondary N) is 2. The molecule has 140 valence electrons. The zero-order valence-corrected chi connectivity index (χ0v) is 16.8. The van der Waals surface area contributed by atoms with Crippen molar-refractivity contribution >= 4 is 40.7 Å². The summed E-state index contributed by atoms with van der Waals surface area (Å²) in [6.45, 7) is 8.87. The lowest BCUT2D eigenvalue weighted by Crippen LogP contribution is -2.39. The second-order valence-electron chi connectivity index (χ2n) is 7.04. The summed E-state index contributed by atoms with van der Waals surface area (Å²) < 4.78 is 5.51. The van der Waals surface area contributed by atoms with Gasteiger partial charge in [0, 0.05) is 19.2 Å². The Labute approximate surface area is 164 Å². The number of piperidine rings is 1. The number of rotatable bonds is 4. The highest BCUT2D eigenvalue weighted by Crippen LogP contribution is 2.27. The molecule has 1 aliphatic heterocycles. The average Bonchev–Trinajstić information content (AvgIpc) is 2.97. The van der Waals surface area contributed by atoms with E-state index in [2.05, 4.69) is 39.3 Å². The molecule has 1 saturated heterocycles. The highest BCUT2D eigenvalue weighted by atomic mass is 35.5. The molecular weight excluding hydrogens is 370 g/mol. The Balaban J connectivity index is 1.64. The molecule has 2 atom stereocenters. The first-order valence-electron chi connectivity index (χ1n) is 8.78. The van der Waals surface area contributed by atoms with Gasteiger partial charge >= 0.3 is 0 Å². The minimum atomic E-state index is 0.395. The summed E-state index contributed by atoms with van der Waals surface area (Å²) in [6.07, 6.45) is 1.24. The molecule has 3 rings (SSSR count). The van der Waals surface area contributed by atoms with Gasteiger partial charge in [-0.3, -0.25) is 0 Å². The molecule has 0 radical (unpaired) electrons. The van der Waals surface area contributed by atoms with Crippen LogP contribution in [0.2, 0.25) is 5.15 Å². The summed E-state index contributed by atoms with van der Waals surface area (Å²) in [5.41, 5.74) is 0. The third-order valence-electron chi connectivity index (χ3n) is 4.32. The van der Waals surface area contributed by atoms with E-state index >= 15 is 0 Å². The molecule has 0 aromatic carbocycles. The molecule has 0 unspecified atom stereocenters. The summed E-state index contributed by atoms with van der Waals surface area (Å²) in [7, 11) is 0. The van der Waals surface area contributed by atoms with E-state index in [1.807, 2.05) is 19.1 Å². The predicted molar refractivity (Wildman–Crippen MR) is 109 cm³/mol. The van der Waals surface area contributed by atoms with E-state index in [9.17, 15) is 0 Å². The van der Waals surface area contributed by atoms with Crippen LogP contribution in [0.25, 0.3) is 0 Å². The van der Waals surface area contributed by atoms with E-state index < -0.39 is 0 Å². The lowest BCUT2D eigenvalue weighted by Gasteiger charge is -2.35. The van der Waals surface area contributed by atoms with Crippen molar-refractivity contribution in [3.63, 3.8) is 0 Å². The number of aryl methyl sites for hydroxylation is 1. The lowest BCUT2D eigenvalue weighted by molar-refractivity contribution is 0.355. The van der Waals surface area contributed by atoms with Crippen LogP contribution in [0.1, 0.15) is 31.8 Å². The van der Waals surface area contributed by atoms with Gasteiger partial charge in [-0.05, 0) is 49.5 Å². The van der Waals surface area contributed by atoms with Crippen molar-refractivity contribution in [2.75, 3.05) is 23.3 Å². The zero-order chi connectivity index (χ0) is 18.7. The van der Waals surface area contributed by atoms with Crippen LogP contribution in [-0.4, -0.2) is 28.2 Å². The van der Waals surface area contributed by atoms with Gasteiger partial charge in [-0.2, -0.15) is 4.98 Å². The van der Waals surface area contributed by atoms with Crippen molar-refractivity contribution in [1.29, 1.82) is 0 Å². The first-order chi connectivity index (χ1) is 12.4. The van der Waals surface area contributed by atoms with Crippen LogP contribution in [0.5, 0.6) is 0 Å². The number of halogens is 1. The Hall–Kier alpha value is -1.86. The van der Waals surface area contributed by atoms with Gasteiger partial charge in [0.05, 0.1) is 6.54 Å². The molecule has 0 aliphatic carbocycles. The van der Waals surface area contributed by atoms with Crippen molar-refractivity contribution < 1.29 is 4.42 Å². The minimum Gasteiger partial charge on any atom is -0.465 e. The molecule has 2 aromatic rings. The highest BCUT2D eigenvalue weighted by molar-refractivity contribution is 7.80. The molecule has 1 fully saturated rings. The maximum atomic E-state index is 6.20. The highest BCUT2D eigenvalue weighted by Gasteiger charge is 2.23. The van der Waals surface area contributed by atoms with Gasteiger partial charge in [-0.15, -0.1) is 0 Å². The first kappa shape index (κ1) is 18.9. The number of aromatic nitrogens is 2. The van der Waals surface area contributed by atoms with E-state index in [-0.39, 0.29) is 0 Å². The largest absolute Gasteiger partial charge is 0.465 e. The summed E-state index contributed by atoms with van der Waals surface area (Å²) in [5, 5.41) is 6.91. The monoisotopic (exact) mass is 393 g/mol. The maximum absolute atomic E-state index is 6.20. The van der Waals surface area contributed by atoms with E-state index in [4.69, 9.17) is 28.2 Å². The second kappa shape index (κ2) is 8.22. The molecule has 26 heavy (non-hydrogen) atoms. The van der Waals surface area contributed by atoms with Gasteiger partial charge in [-0.25, -0.2) is 4.98 Å². The third-order valence-corrected chi connectivity index (χ3v) is 4.76. The Morgan fingerprint density at radius 1 is 1.31 bits per heavy atom. The Bertz CT molecular complexity index is 771. The number of anilines is 2. The van der Waals surface area contributed by atoms with E-state index in [0.717, 1.165) is 30.4 Å². The second-order valence-corrected chi connectivity index (χ2v) is 7.84. The summed E-state index contributed by atoms with van der Waals surface area (Å²) >= 11 is 11.5. The first-order valence-corrected chi connectivity index (χ1v) is 9.57. The van der Waals surface area contributed by atoms with Crippen LogP contribution >= 0.6 is 23.8 Å². The molecular formula is C18H24ClN5OS. The van der Waals surface area contributed by atoms with Crippen molar-refractivity contribution in [2.24, 2.45) is 11.8 Å². The van der Waals surface area contributed by atoms with Gasteiger partial charge in [0.1, 0.15) is 22.5 Å². The topological polar surface area (TPSA) is 66.2 Å². The van der Waals surface area contributed by atoms with Crippen molar-refractivity contribution in [3.05, 3.63) is 34.9 Å². The zero-order valence-electron chi connectivity index (χ0n) is 15.3. The molecule has 0 spiro atoms. The fraction of sp³-hybridized carbons (Fsp3) is 0.500. The fourth-order valence-corrected chi connectivity index (χ4v) is 3.71. The van der Waals surface area contributed by atoms with E-state index in [0.29, 0.717) is 34.6 Å². The minimum absolute atomic E-state index is 0.395. The quantitative estimate of drug-likeness (QED) is 0.601. The van der Waals surface area contributed by atoms with Gasteiger partial charge in [0.2, 0.25) is 5.95 Å². The van der Waals surface area contributed by atoms with Crippen LogP contribution < -0.4 is 15.5 Å². The van der Waals surface area contributed by atoms with Crippen LogP contribution in [0.15, 0.2) is 22.6 Å². The van der Waals surface area contributed by atoms with Crippen LogP contribution in [0.4, 0.5) is 11.8 Å². The third kappa shape index (κ3) is 5.08. The van der Waals surface area contributed by atoms with Crippen LogP contribution in [0, 0.1) is 18.8 Å². The molecule has 1 aliphatic rings. The summed E-state index contributed by atoms with van der Waals surface area (Å²) in [6, 6.07) is 5.64. The number of hydrogen-bond donors (Lipinski definition) is 2. The van der Waals surface area contributed by atoms with Crippen molar-refractivity contribution in [3.8, 4) is 0 Å². The van der Waals surface area contributed by atoms with Crippen LogP contribution in [0.3, 0.4) is 0 Å². The molecule has 6 nitrogen and oxygen atoms in total. The Kier molecular flexibility index (Phi) is 5.98. The number of hydrogen-bond acceptors (Lipinski definition) is 5. The Morgan fingerprint density at radius 2 is 2.04 bits per heavy atom. The van der Waals surface area contributed by atoms with Gasteiger partial charge < -0.3 is 20.0 Å². The molecule has 2 aromatic heterocycles. The standard InChI is InChI=1S/C18H24ClN5OS/c1-11-6-12(2)10-24(9-11)16-7-15(19)21-17(22-16)23-18(26)20-8-14-5-4-13(3)25-14/h4-5,7,11-12H,6,8-10H2,1-3H3,(H2,20,21,22,23,26)/t11-,12-/m0/s1. The summed E-state index contributed by atoms with van der Waals surface area (Å²) in [4.78, 5) is 11.1. The normalized spacial score (nSPS) is 20.1.